The lowest BCUT2D eigenvalue weighted by atomic mass is 10.2. The summed E-state index contributed by atoms with van der Waals surface area (Å²) in [5, 5.41) is 4.20. The fourth-order valence-corrected chi connectivity index (χ4v) is 3.77. The van der Waals surface area contributed by atoms with Crippen molar-refractivity contribution in [3.8, 4) is 0 Å². The van der Waals surface area contributed by atoms with Gasteiger partial charge in [-0.3, -0.25) is 0 Å². The molecule has 0 spiro atoms. The van der Waals surface area contributed by atoms with Crippen LogP contribution in [0.3, 0.4) is 0 Å². The standard InChI is InChI=1S/C17H17N3O4S/c1-13-15(16-18-9-5-10-20(16)19-13)17(21)24-11-6-12-25(22,23)14-7-3-2-4-8-14/h2-5,7-10H,6,11-12H2,1H3. The molecule has 2 heterocycles. The molecule has 0 aliphatic rings. The van der Waals surface area contributed by atoms with Gasteiger partial charge in [0, 0.05) is 12.4 Å². The van der Waals surface area contributed by atoms with Crippen molar-refractivity contribution in [2.24, 2.45) is 0 Å². The molecule has 0 aliphatic heterocycles. The zero-order valence-corrected chi connectivity index (χ0v) is 14.4. The predicted molar refractivity (Wildman–Crippen MR) is 91.1 cm³/mol. The van der Waals surface area contributed by atoms with E-state index in [4.69, 9.17) is 4.74 Å². The van der Waals surface area contributed by atoms with Crippen molar-refractivity contribution in [2.75, 3.05) is 12.4 Å². The van der Waals surface area contributed by atoms with Crippen LogP contribution in [-0.4, -0.2) is 41.3 Å². The molecule has 0 atom stereocenters. The Morgan fingerprint density at radius 2 is 1.96 bits per heavy atom. The summed E-state index contributed by atoms with van der Waals surface area (Å²) < 4.78 is 31.1. The Morgan fingerprint density at radius 3 is 2.72 bits per heavy atom. The van der Waals surface area contributed by atoms with Crippen LogP contribution in [-0.2, 0) is 14.6 Å². The van der Waals surface area contributed by atoms with Gasteiger partial charge in [0.25, 0.3) is 0 Å². The third-order valence-corrected chi connectivity index (χ3v) is 5.48. The lowest BCUT2D eigenvalue weighted by Crippen LogP contribution is -2.12. The molecular formula is C17H17N3O4S. The second kappa shape index (κ2) is 7.02. The number of aryl methyl sites for hydroxylation is 1. The van der Waals surface area contributed by atoms with E-state index in [0.29, 0.717) is 16.9 Å². The number of fused-ring (bicyclic) bond motifs is 1. The molecule has 0 bridgehead atoms. The first-order valence-electron chi connectivity index (χ1n) is 7.74. The minimum Gasteiger partial charge on any atom is -0.462 e. The second-order valence-corrected chi connectivity index (χ2v) is 7.58. The van der Waals surface area contributed by atoms with Crippen molar-refractivity contribution in [1.29, 1.82) is 0 Å². The maximum atomic E-state index is 12.3. The van der Waals surface area contributed by atoms with Crippen LogP contribution < -0.4 is 0 Å². The second-order valence-electron chi connectivity index (χ2n) is 5.47. The molecule has 7 nitrogen and oxygen atoms in total. The van der Waals surface area contributed by atoms with Gasteiger partial charge >= 0.3 is 5.97 Å². The van der Waals surface area contributed by atoms with Crippen molar-refractivity contribution in [3.63, 3.8) is 0 Å². The predicted octanol–water partition coefficient (Wildman–Crippen LogP) is 2.06. The highest BCUT2D eigenvalue weighted by molar-refractivity contribution is 7.91. The maximum absolute atomic E-state index is 12.3. The SMILES string of the molecule is Cc1nn2cccnc2c1C(=O)OCCCS(=O)(=O)c1ccccc1. The highest BCUT2D eigenvalue weighted by Crippen LogP contribution is 2.15. The van der Waals surface area contributed by atoms with Gasteiger partial charge in [0.05, 0.1) is 22.9 Å². The molecular weight excluding hydrogens is 342 g/mol. The Balaban J connectivity index is 1.61. The van der Waals surface area contributed by atoms with Gasteiger partial charge in [0.2, 0.25) is 0 Å². The summed E-state index contributed by atoms with van der Waals surface area (Å²) >= 11 is 0. The number of aromatic nitrogens is 3. The fourth-order valence-electron chi connectivity index (χ4n) is 2.47. The number of rotatable bonds is 6. The molecule has 0 N–H and O–H groups in total. The number of nitrogens with zero attached hydrogens (tertiary/aromatic N) is 3. The van der Waals surface area contributed by atoms with Gasteiger partial charge < -0.3 is 4.74 Å². The average Bonchev–Trinajstić information content (AvgIpc) is 2.95. The zero-order chi connectivity index (χ0) is 17.9. The van der Waals surface area contributed by atoms with E-state index in [9.17, 15) is 13.2 Å². The minimum atomic E-state index is -3.37. The van der Waals surface area contributed by atoms with Crippen molar-refractivity contribution < 1.29 is 17.9 Å². The van der Waals surface area contributed by atoms with Gasteiger partial charge in [-0.15, -0.1) is 0 Å². The van der Waals surface area contributed by atoms with Gasteiger partial charge in [-0.25, -0.2) is 22.7 Å². The molecule has 8 heteroatoms. The van der Waals surface area contributed by atoms with E-state index in [2.05, 4.69) is 10.1 Å². The Morgan fingerprint density at radius 1 is 1.20 bits per heavy atom. The molecule has 2 aromatic heterocycles. The van der Waals surface area contributed by atoms with Crippen molar-refractivity contribution >= 4 is 21.5 Å². The van der Waals surface area contributed by atoms with Crippen LogP contribution in [0.1, 0.15) is 22.5 Å². The first-order chi connectivity index (χ1) is 12.0. The van der Waals surface area contributed by atoms with Crippen LogP contribution >= 0.6 is 0 Å². The van der Waals surface area contributed by atoms with Gasteiger partial charge in [-0.2, -0.15) is 5.10 Å². The third-order valence-electron chi connectivity index (χ3n) is 3.67. The number of hydrogen-bond acceptors (Lipinski definition) is 6. The smallest absolute Gasteiger partial charge is 0.343 e. The molecule has 3 aromatic rings. The molecule has 0 radical (unpaired) electrons. The lowest BCUT2D eigenvalue weighted by molar-refractivity contribution is 0.0507. The molecule has 0 saturated heterocycles. The van der Waals surface area contributed by atoms with Crippen LogP contribution in [0.4, 0.5) is 0 Å². The average molecular weight is 359 g/mol. The Kier molecular flexibility index (Phi) is 4.80. The van der Waals surface area contributed by atoms with Gasteiger partial charge in [-0.05, 0) is 31.5 Å². The molecule has 0 aliphatic carbocycles. The minimum absolute atomic E-state index is 0.00844. The number of hydrogen-bond donors (Lipinski definition) is 0. The highest BCUT2D eigenvalue weighted by Gasteiger charge is 2.20. The number of benzene rings is 1. The van der Waals surface area contributed by atoms with E-state index in [1.165, 1.54) is 4.52 Å². The van der Waals surface area contributed by atoms with E-state index in [-0.39, 0.29) is 23.7 Å². The molecule has 0 amide bonds. The maximum Gasteiger partial charge on any atom is 0.343 e. The van der Waals surface area contributed by atoms with Crippen molar-refractivity contribution in [3.05, 3.63) is 60.0 Å². The van der Waals surface area contributed by atoms with Gasteiger partial charge in [-0.1, -0.05) is 18.2 Å². The first-order valence-corrected chi connectivity index (χ1v) is 9.39. The molecule has 0 saturated carbocycles. The zero-order valence-electron chi connectivity index (χ0n) is 13.6. The largest absolute Gasteiger partial charge is 0.462 e. The van der Waals surface area contributed by atoms with Crippen LogP contribution in [0.2, 0.25) is 0 Å². The Labute approximate surface area is 145 Å². The number of carbonyl (C=O) groups excluding carboxylic acids is 1. The Hall–Kier alpha value is -2.74. The number of esters is 1. The van der Waals surface area contributed by atoms with E-state index >= 15 is 0 Å². The van der Waals surface area contributed by atoms with Crippen LogP contribution in [0.5, 0.6) is 0 Å². The summed E-state index contributed by atoms with van der Waals surface area (Å²) in [4.78, 5) is 16.7. The van der Waals surface area contributed by atoms with Gasteiger partial charge in [0.1, 0.15) is 5.56 Å². The van der Waals surface area contributed by atoms with E-state index < -0.39 is 15.8 Å². The summed E-state index contributed by atoms with van der Waals surface area (Å²) in [5.74, 6) is -0.640. The molecule has 3 rings (SSSR count). The van der Waals surface area contributed by atoms with E-state index in [0.717, 1.165) is 0 Å². The van der Waals surface area contributed by atoms with Crippen molar-refractivity contribution in [1.82, 2.24) is 14.6 Å². The number of carbonyl (C=O) groups is 1. The number of sulfone groups is 1. The summed E-state index contributed by atoms with van der Waals surface area (Å²) in [6.45, 7) is 1.71. The van der Waals surface area contributed by atoms with Crippen LogP contribution in [0.15, 0.2) is 53.7 Å². The monoisotopic (exact) mass is 359 g/mol. The lowest BCUT2D eigenvalue weighted by Gasteiger charge is -2.06. The fraction of sp³-hybridized carbons (Fsp3) is 0.235. The topological polar surface area (TPSA) is 90.6 Å². The van der Waals surface area contributed by atoms with Crippen LogP contribution in [0.25, 0.3) is 5.65 Å². The van der Waals surface area contributed by atoms with E-state index in [1.807, 2.05) is 0 Å². The van der Waals surface area contributed by atoms with Crippen molar-refractivity contribution in [2.45, 2.75) is 18.2 Å². The van der Waals surface area contributed by atoms with Gasteiger partial charge in [0.15, 0.2) is 15.5 Å². The summed E-state index contributed by atoms with van der Waals surface area (Å²) in [7, 11) is -3.37. The molecule has 25 heavy (non-hydrogen) atoms. The van der Waals surface area contributed by atoms with Crippen LogP contribution in [0, 0.1) is 6.92 Å². The summed E-state index contributed by atoms with van der Waals surface area (Å²) in [6, 6.07) is 9.92. The first kappa shape index (κ1) is 17.1. The normalized spacial score (nSPS) is 11.6. The highest BCUT2D eigenvalue weighted by atomic mass is 32.2. The molecule has 130 valence electrons. The molecule has 1 aromatic carbocycles. The summed E-state index contributed by atoms with van der Waals surface area (Å²) in [5.41, 5.74) is 1.23. The number of ether oxygens (including phenoxy) is 1. The third kappa shape index (κ3) is 3.69. The quantitative estimate of drug-likeness (QED) is 0.494. The van der Waals surface area contributed by atoms with E-state index in [1.54, 1.807) is 55.7 Å². The molecule has 0 unspecified atom stereocenters. The summed E-state index contributed by atoms with van der Waals surface area (Å²) in [6.07, 6.45) is 3.48. The molecule has 0 fully saturated rings. The Bertz CT molecular complexity index is 997.